The van der Waals surface area contributed by atoms with Gasteiger partial charge in [-0.2, -0.15) is 0 Å². The molecule has 2 rings (SSSR count). The highest BCUT2D eigenvalue weighted by Gasteiger charge is 2.04. The first-order chi connectivity index (χ1) is 7.72. The largest absolute Gasteiger partial charge is 0.343 e. The molecule has 0 aliphatic rings. The summed E-state index contributed by atoms with van der Waals surface area (Å²) < 4.78 is 2.25. The van der Waals surface area contributed by atoms with Gasteiger partial charge in [0.2, 0.25) is 0 Å². The van der Waals surface area contributed by atoms with Crippen molar-refractivity contribution in [3.05, 3.63) is 48.2 Å². The zero-order valence-electron chi connectivity index (χ0n) is 9.96. The molecule has 1 heterocycles. The highest BCUT2D eigenvalue weighted by molar-refractivity contribution is 5.83. The molecule has 0 amide bonds. The van der Waals surface area contributed by atoms with Crippen molar-refractivity contribution >= 4 is 10.9 Å². The van der Waals surface area contributed by atoms with Gasteiger partial charge in [0.1, 0.15) is 0 Å². The Bertz CT molecular complexity index is 508. The van der Waals surface area contributed by atoms with E-state index in [-0.39, 0.29) is 0 Å². The minimum atomic E-state index is 0.895. The molecule has 1 N–H and O–H groups in total. The molecular weight excluding hydrogens is 196 g/mol. The normalized spacial score (nSPS) is 10.9. The van der Waals surface area contributed by atoms with Crippen LogP contribution in [0.3, 0.4) is 0 Å². The lowest BCUT2D eigenvalue weighted by Gasteiger charge is -2.06. The highest BCUT2D eigenvalue weighted by atomic mass is 15.0. The van der Waals surface area contributed by atoms with Crippen LogP contribution in [-0.2, 0) is 13.1 Å². The summed E-state index contributed by atoms with van der Waals surface area (Å²) in [6.45, 7) is 7.83. The molecule has 0 unspecified atom stereocenters. The van der Waals surface area contributed by atoms with Crippen LogP contribution in [0.5, 0.6) is 0 Å². The molecule has 0 aliphatic heterocycles. The molecule has 0 saturated heterocycles. The molecule has 0 bridgehead atoms. The predicted molar refractivity (Wildman–Crippen MR) is 69.5 cm³/mol. The van der Waals surface area contributed by atoms with E-state index in [1.807, 2.05) is 7.05 Å². The van der Waals surface area contributed by atoms with Crippen molar-refractivity contribution in [1.82, 2.24) is 9.88 Å². The number of rotatable bonds is 4. The third-order valence-electron chi connectivity index (χ3n) is 2.71. The Hall–Kier alpha value is -1.54. The van der Waals surface area contributed by atoms with Gasteiger partial charge in [0, 0.05) is 30.2 Å². The Labute approximate surface area is 96.6 Å². The molecule has 0 aliphatic carbocycles. The van der Waals surface area contributed by atoms with E-state index < -0.39 is 0 Å². The van der Waals surface area contributed by atoms with Crippen molar-refractivity contribution in [2.75, 3.05) is 7.05 Å². The molecule has 2 aromatic rings. The maximum atomic E-state index is 3.96. The van der Waals surface area contributed by atoms with Crippen LogP contribution >= 0.6 is 0 Å². The summed E-state index contributed by atoms with van der Waals surface area (Å²) in [6.07, 6.45) is 2.14. The van der Waals surface area contributed by atoms with Crippen molar-refractivity contribution in [3.63, 3.8) is 0 Å². The summed E-state index contributed by atoms with van der Waals surface area (Å²) in [5, 5.41) is 4.53. The molecule has 2 heteroatoms. The van der Waals surface area contributed by atoms with Crippen LogP contribution in [0.25, 0.3) is 10.9 Å². The summed E-state index contributed by atoms with van der Waals surface area (Å²) in [5.41, 5.74) is 3.81. The predicted octanol–water partition coefficient (Wildman–Crippen LogP) is 2.94. The van der Waals surface area contributed by atoms with Gasteiger partial charge in [-0.25, -0.2) is 0 Å². The number of hydrogen-bond donors (Lipinski definition) is 1. The van der Waals surface area contributed by atoms with Crippen molar-refractivity contribution in [2.24, 2.45) is 0 Å². The van der Waals surface area contributed by atoms with Crippen LogP contribution in [0.4, 0.5) is 0 Å². The van der Waals surface area contributed by atoms with Gasteiger partial charge < -0.3 is 9.88 Å². The van der Waals surface area contributed by atoms with E-state index in [4.69, 9.17) is 0 Å². The fourth-order valence-corrected chi connectivity index (χ4v) is 2.06. The van der Waals surface area contributed by atoms with Crippen LogP contribution in [0.15, 0.2) is 42.6 Å². The van der Waals surface area contributed by atoms with Gasteiger partial charge in [0.05, 0.1) is 0 Å². The van der Waals surface area contributed by atoms with Crippen LogP contribution in [0, 0.1) is 0 Å². The Morgan fingerprint density at radius 2 is 2.19 bits per heavy atom. The Morgan fingerprint density at radius 3 is 2.88 bits per heavy atom. The summed E-state index contributed by atoms with van der Waals surface area (Å²) in [7, 11) is 1.98. The molecular formula is C14H18N2. The van der Waals surface area contributed by atoms with Crippen molar-refractivity contribution in [3.8, 4) is 0 Å². The maximum absolute atomic E-state index is 3.96. The lowest BCUT2D eigenvalue weighted by Crippen LogP contribution is -2.05. The quantitative estimate of drug-likeness (QED) is 0.774. The van der Waals surface area contributed by atoms with Crippen LogP contribution < -0.4 is 5.32 Å². The van der Waals surface area contributed by atoms with Crippen LogP contribution in [0.1, 0.15) is 12.5 Å². The van der Waals surface area contributed by atoms with Gasteiger partial charge in [0.15, 0.2) is 0 Å². The zero-order valence-corrected chi connectivity index (χ0v) is 9.96. The third-order valence-corrected chi connectivity index (χ3v) is 2.71. The fourth-order valence-electron chi connectivity index (χ4n) is 2.06. The number of nitrogens with one attached hydrogen (secondary N) is 1. The molecule has 1 aromatic heterocycles. The second-order valence-corrected chi connectivity index (χ2v) is 4.28. The van der Waals surface area contributed by atoms with Crippen molar-refractivity contribution in [1.29, 1.82) is 0 Å². The van der Waals surface area contributed by atoms with E-state index >= 15 is 0 Å². The van der Waals surface area contributed by atoms with Gasteiger partial charge in [0.25, 0.3) is 0 Å². The lowest BCUT2D eigenvalue weighted by molar-refractivity contribution is 0.816. The van der Waals surface area contributed by atoms with E-state index in [1.54, 1.807) is 0 Å². The van der Waals surface area contributed by atoms with Gasteiger partial charge >= 0.3 is 0 Å². The van der Waals surface area contributed by atoms with E-state index in [2.05, 4.69) is 53.8 Å². The summed E-state index contributed by atoms with van der Waals surface area (Å²) in [4.78, 5) is 0. The van der Waals surface area contributed by atoms with E-state index in [1.165, 1.54) is 22.0 Å². The van der Waals surface area contributed by atoms with E-state index in [9.17, 15) is 0 Å². The van der Waals surface area contributed by atoms with Gasteiger partial charge in [-0.05, 0) is 31.7 Å². The van der Waals surface area contributed by atoms with Gasteiger partial charge in [-0.1, -0.05) is 24.3 Å². The first kappa shape index (κ1) is 11.0. The number of hydrogen-bond acceptors (Lipinski definition) is 1. The first-order valence-electron chi connectivity index (χ1n) is 5.58. The first-order valence-corrected chi connectivity index (χ1v) is 5.58. The molecule has 0 saturated carbocycles. The number of nitrogens with zero attached hydrogens (tertiary/aromatic N) is 1. The lowest BCUT2D eigenvalue weighted by atomic mass is 10.1. The SMILES string of the molecule is C=C(C)Cn1ccc2c(CNC)cccc21. The number of benzene rings is 1. The minimum Gasteiger partial charge on any atom is -0.343 e. The van der Waals surface area contributed by atoms with E-state index in [0.717, 1.165) is 13.1 Å². The van der Waals surface area contributed by atoms with E-state index in [0.29, 0.717) is 0 Å². The maximum Gasteiger partial charge on any atom is 0.0486 e. The standard InChI is InChI=1S/C14H18N2/c1-11(2)10-16-8-7-13-12(9-15-3)5-4-6-14(13)16/h4-8,15H,1,9-10H2,2-3H3. The Balaban J connectivity index is 2.48. The number of aromatic nitrogens is 1. The number of fused-ring (bicyclic) bond motifs is 1. The summed E-state index contributed by atoms with van der Waals surface area (Å²) in [6, 6.07) is 8.64. The molecule has 0 spiro atoms. The van der Waals surface area contributed by atoms with Gasteiger partial charge in [-0.3, -0.25) is 0 Å². The Kier molecular flexibility index (Phi) is 3.11. The average Bonchev–Trinajstić information content (AvgIpc) is 2.63. The van der Waals surface area contributed by atoms with Gasteiger partial charge in [-0.15, -0.1) is 0 Å². The van der Waals surface area contributed by atoms with Crippen molar-refractivity contribution < 1.29 is 0 Å². The van der Waals surface area contributed by atoms with Crippen LogP contribution in [0.2, 0.25) is 0 Å². The fraction of sp³-hybridized carbons (Fsp3) is 0.286. The van der Waals surface area contributed by atoms with Crippen molar-refractivity contribution in [2.45, 2.75) is 20.0 Å². The molecule has 1 aromatic carbocycles. The molecule has 2 nitrogen and oxygen atoms in total. The molecule has 0 atom stereocenters. The van der Waals surface area contributed by atoms with Crippen LogP contribution in [-0.4, -0.2) is 11.6 Å². The minimum absolute atomic E-state index is 0.895. The third kappa shape index (κ3) is 2.02. The second-order valence-electron chi connectivity index (χ2n) is 4.28. The molecule has 0 fully saturated rings. The molecule has 0 radical (unpaired) electrons. The highest BCUT2D eigenvalue weighted by Crippen LogP contribution is 2.20. The smallest absolute Gasteiger partial charge is 0.0486 e. The molecule has 16 heavy (non-hydrogen) atoms. The number of allylic oxidation sites excluding steroid dienone is 1. The topological polar surface area (TPSA) is 17.0 Å². The monoisotopic (exact) mass is 214 g/mol. The Morgan fingerprint density at radius 1 is 1.38 bits per heavy atom. The molecule has 84 valence electrons. The summed E-state index contributed by atoms with van der Waals surface area (Å²) >= 11 is 0. The average molecular weight is 214 g/mol. The second kappa shape index (κ2) is 4.54. The summed E-state index contributed by atoms with van der Waals surface area (Å²) in [5.74, 6) is 0. The zero-order chi connectivity index (χ0) is 11.5.